The summed E-state index contributed by atoms with van der Waals surface area (Å²) in [5.74, 6) is -0.0238. The molecule has 0 aliphatic carbocycles. The van der Waals surface area contributed by atoms with Crippen LogP contribution in [0.25, 0.3) is 21.3 Å². The molecule has 0 unspecified atom stereocenters. The first-order chi connectivity index (χ1) is 11.7. The molecule has 1 amide bonds. The highest BCUT2D eigenvalue weighted by atomic mass is 35.5. The van der Waals surface area contributed by atoms with Gasteiger partial charge >= 0.3 is 0 Å². The second kappa shape index (κ2) is 6.11. The number of halogens is 1. The van der Waals surface area contributed by atoms with E-state index < -0.39 is 0 Å². The number of nitrogens with one attached hydrogen (secondary N) is 1. The number of rotatable bonds is 3. The average Bonchev–Trinajstić information content (AvgIpc) is 3.21. The number of benzene rings is 2. The molecular formula is C18H11ClN2O2S. The van der Waals surface area contributed by atoms with E-state index >= 15 is 0 Å². The van der Waals surface area contributed by atoms with Gasteiger partial charge in [-0.3, -0.25) is 10.1 Å². The number of fused-ring (bicyclic) bond motifs is 1. The van der Waals surface area contributed by atoms with Crippen molar-refractivity contribution in [3.8, 4) is 11.3 Å². The van der Waals surface area contributed by atoms with Crippen molar-refractivity contribution in [2.45, 2.75) is 0 Å². The first-order valence-corrected chi connectivity index (χ1v) is 8.42. The zero-order valence-corrected chi connectivity index (χ0v) is 13.9. The molecule has 0 atom stereocenters. The van der Waals surface area contributed by atoms with Crippen molar-refractivity contribution in [3.05, 3.63) is 70.6 Å². The number of amides is 1. The number of aromatic nitrogens is 1. The van der Waals surface area contributed by atoms with Crippen molar-refractivity contribution in [1.82, 2.24) is 5.16 Å². The van der Waals surface area contributed by atoms with Gasteiger partial charge in [-0.1, -0.05) is 65.3 Å². The van der Waals surface area contributed by atoms with E-state index in [0.29, 0.717) is 15.6 Å². The van der Waals surface area contributed by atoms with Crippen molar-refractivity contribution in [1.29, 1.82) is 0 Å². The predicted molar refractivity (Wildman–Crippen MR) is 96.7 cm³/mol. The van der Waals surface area contributed by atoms with Crippen LogP contribution in [-0.4, -0.2) is 11.1 Å². The van der Waals surface area contributed by atoms with Gasteiger partial charge in [-0.25, -0.2) is 0 Å². The van der Waals surface area contributed by atoms with Gasteiger partial charge in [0.25, 0.3) is 5.91 Å². The molecule has 0 aliphatic rings. The Bertz CT molecular complexity index is 1020. The third-order valence-corrected chi connectivity index (χ3v) is 5.23. The minimum Gasteiger partial charge on any atom is -0.338 e. The molecule has 0 saturated carbocycles. The van der Waals surface area contributed by atoms with E-state index in [-0.39, 0.29) is 11.8 Å². The molecule has 0 fully saturated rings. The second-order valence-electron chi connectivity index (χ2n) is 5.14. The maximum Gasteiger partial charge on any atom is 0.269 e. The van der Waals surface area contributed by atoms with Crippen LogP contribution in [0.5, 0.6) is 0 Å². The minimum absolute atomic E-state index is 0.285. The van der Waals surface area contributed by atoms with Gasteiger partial charge < -0.3 is 4.52 Å². The van der Waals surface area contributed by atoms with Gasteiger partial charge in [0.1, 0.15) is 10.6 Å². The molecule has 118 valence electrons. The summed E-state index contributed by atoms with van der Waals surface area (Å²) in [6.45, 7) is 0. The van der Waals surface area contributed by atoms with Crippen LogP contribution in [0.2, 0.25) is 5.02 Å². The highest BCUT2D eigenvalue weighted by molar-refractivity contribution is 7.21. The molecule has 0 radical (unpaired) electrons. The maximum atomic E-state index is 12.5. The van der Waals surface area contributed by atoms with Gasteiger partial charge in [0, 0.05) is 21.7 Å². The van der Waals surface area contributed by atoms with Crippen LogP contribution < -0.4 is 5.32 Å². The fourth-order valence-corrected chi connectivity index (χ4v) is 3.82. The summed E-state index contributed by atoms with van der Waals surface area (Å²) in [7, 11) is 0. The first-order valence-electron chi connectivity index (χ1n) is 7.23. The predicted octanol–water partition coefficient (Wildman–Crippen LogP) is 5.46. The van der Waals surface area contributed by atoms with Gasteiger partial charge in [-0.05, 0) is 6.07 Å². The zero-order chi connectivity index (χ0) is 16.5. The van der Waals surface area contributed by atoms with Crippen molar-refractivity contribution >= 4 is 44.8 Å². The molecular weight excluding hydrogens is 344 g/mol. The largest absolute Gasteiger partial charge is 0.338 e. The Morgan fingerprint density at radius 2 is 1.83 bits per heavy atom. The topological polar surface area (TPSA) is 55.1 Å². The Morgan fingerprint density at radius 3 is 2.62 bits per heavy atom. The SMILES string of the molecule is O=C(Nc1cc(-c2ccccc2)no1)c1sc2ccccc2c1Cl. The number of carbonyl (C=O) groups excluding carboxylic acids is 1. The van der Waals surface area contributed by atoms with Crippen LogP contribution in [0.4, 0.5) is 5.88 Å². The third kappa shape index (κ3) is 2.68. The Kier molecular flexibility index (Phi) is 3.80. The van der Waals surface area contributed by atoms with E-state index in [1.54, 1.807) is 6.07 Å². The van der Waals surface area contributed by atoms with Gasteiger partial charge in [-0.15, -0.1) is 11.3 Å². The summed E-state index contributed by atoms with van der Waals surface area (Å²) in [5, 5.41) is 8.01. The molecule has 0 saturated heterocycles. The van der Waals surface area contributed by atoms with E-state index in [0.717, 1.165) is 15.6 Å². The quantitative estimate of drug-likeness (QED) is 0.531. The van der Waals surface area contributed by atoms with Gasteiger partial charge in [0.05, 0.1) is 5.02 Å². The van der Waals surface area contributed by atoms with Crippen LogP contribution in [0, 0.1) is 0 Å². The smallest absolute Gasteiger partial charge is 0.269 e. The lowest BCUT2D eigenvalue weighted by molar-refractivity contribution is 0.102. The molecule has 4 nitrogen and oxygen atoms in total. The number of nitrogens with zero attached hydrogens (tertiary/aromatic N) is 1. The summed E-state index contributed by atoms with van der Waals surface area (Å²) < 4.78 is 6.17. The number of carbonyl (C=O) groups is 1. The lowest BCUT2D eigenvalue weighted by Gasteiger charge is -1.98. The number of hydrogen-bond donors (Lipinski definition) is 1. The van der Waals surface area contributed by atoms with Gasteiger partial charge in [-0.2, -0.15) is 0 Å². The summed E-state index contributed by atoms with van der Waals surface area (Å²) in [5.41, 5.74) is 1.58. The van der Waals surface area contributed by atoms with E-state index in [1.807, 2.05) is 54.6 Å². The maximum absolute atomic E-state index is 12.5. The molecule has 2 aromatic carbocycles. The van der Waals surface area contributed by atoms with Gasteiger partial charge in [0.2, 0.25) is 5.88 Å². The first kappa shape index (κ1) is 14.9. The summed E-state index contributed by atoms with van der Waals surface area (Å²) >= 11 is 7.67. The minimum atomic E-state index is -0.308. The molecule has 1 N–H and O–H groups in total. The Balaban J connectivity index is 1.60. The Labute approximate surface area is 146 Å². The molecule has 6 heteroatoms. The van der Waals surface area contributed by atoms with Crippen molar-refractivity contribution in [3.63, 3.8) is 0 Å². The average molecular weight is 355 g/mol. The molecule has 0 aliphatic heterocycles. The van der Waals surface area contributed by atoms with Crippen LogP contribution in [0.15, 0.2) is 65.2 Å². The van der Waals surface area contributed by atoms with Crippen LogP contribution >= 0.6 is 22.9 Å². The van der Waals surface area contributed by atoms with E-state index in [4.69, 9.17) is 16.1 Å². The normalized spacial score (nSPS) is 10.9. The molecule has 24 heavy (non-hydrogen) atoms. The molecule has 0 bridgehead atoms. The molecule has 4 aromatic rings. The highest BCUT2D eigenvalue weighted by Crippen LogP contribution is 2.35. The van der Waals surface area contributed by atoms with Gasteiger partial charge in [0.15, 0.2) is 0 Å². The summed E-state index contributed by atoms with van der Waals surface area (Å²) in [6, 6.07) is 18.9. The Morgan fingerprint density at radius 1 is 1.08 bits per heavy atom. The standard InChI is InChI=1S/C18H11ClN2O2S/c19-16-12-8-4-5-9-14(12)24-17(16)18(22)20-15-10-13(21-23-15)11-6-2-1-3-7-11/h1-10H,(H,20,22). The molecule has 4 rings (SSSR count). The molecule has 2 heterocycles. The van der Waals surface area contributed by atoms with E-state index in [9.17, 15) is 4.79 Å². The number of hydrogen-bond acceptors (Lipinski definition) is 4. The molecule has 2 aromatic heterocycles. The van der Waals surface area contributed by atoms with E-state index in [1.165, 1.54) is 11.3 Å². The number of thiophene rings is 1. The fourth-order valence-electron chi connectivity index (χ4n) is 2.41. The highest BCUT2D eigenvalue weighted by Gasteiger charge is 2.18. The second-order valence-corrected chi connectivity index (χ2v) is 6.57. The van der Waals surface area contributed by atoms with Crippen LogP contribution in [-0.2, 0) is 0 Å². The lowest BCUT2D eigenvalue weighted by Crippen LogP contribution is -2.09. The third-order valence-electron chi connectivity index (χ3n) is 3.56. The van der Waals surface area contributed by atoms with Crippen LogP contribution in [0.1, 0.15) is 9.67 Å². The summed E-state index contributed by atoms with van der Waals surface area (Å²) in [4.78, 5) is 12.9. The monoisotopic (exact) mass is 354 g/mol. The van der Waals surface area contributed by atoms with Crippen molar-refractivity contribution < 1.29 is 9.32 Å². The van der Waals surface area contributed by atoms with Crippen molar-refractivity contribution in [2.75, 3.05) is 5.32 Å². The van der Waals surface area contributed by atoms with E-state index in [2.05, 4.69) is 10.5 Å². The zero-order valence-electron chi connectivity index (χ0n) is 12.3. The fraction of sp³-hybridized carbons (Fsp3) is 0. The lowest BCUT2D eigenvalue weighted by atomic mass is 10.2. The van der Waals surface area contributed by atoms with Crippen LogP contribution in [0.3, 0.4) is 0 Å². The van der Waals surface area contributed by atoms with Crippen molar-refractivity contribution in [2.24, 2.45) is 0 Å². The molecule has 0 spiro atoms. The Hall–Kier alpha value is -2.63. The summed E-state index contributed by atoms with van der Waals surface area (Å²) in [6.07, 6.45) is 0. The number of anilines is 1.